The molecule has 0 fully saturated rings. The van der Waals surface area contributed by atoms with Gasteiger partial charge in [-0.15, -0.1) is 11.3 Å². The molecule has 0 bridgehead atoms. The van der Waals surface area contributed by atoms with Crippen LogP contribution in [0.3, 0.4) is 0 Å². The summed E-state index contributed by atoms with van der Waals surface area (Å²) < 4.78 is 0.636. The number of nitrogens with zero attached hydrogens (tertiary/aromatic N) is 1. The first-order valence-electron chi connectivity index (χ1n) is 4.87. The Labute approximate surface area is 111 Å². The van der Waals surface area contributed by atoms with E-state index >= 15 is 0 Å². The van der Waals surface area contributed by atoms with E-state index in [0.29, 0.717) is 10.0 Å². The Morgan fingerprint density at radius 3 is 2.89 bits per heavy atom. The van der Waals surface area contributed by atoms with Crippen molar-refractivity contribution in [2.75, 3.05) is 6.54 Å². The zero-order valence-corrected chi connectivity index (χ0v) is 10.5. The van der Waals surface area contributed by atoms with E-state index in [0.717, 1.165) is 4.88 Å². The summed E-state index contributed by atoms with van der Waals surface area (Å²) in [6.07, 6.45) is 0. The minimum atomic E-state index is -1.11. The highest BCUT2D eigenvalue weighted by molar-refractivity contribution is 7.19. The standard InChI is InChI=1S/C10H8ClN3O3S/c11-8-2-1-7(18-8)5-3-6(14-13-5)10(17)12-4-9(15)16/h1-3H,4H2,(H,12,17)(H,13,14)(H,15,16). The van der Waals surface area contributed by atoms with E-state index in [9.17, 15) is 9.59 Å². The summed E-state index contributed by atoms with van der Waals surface area (Å²) in [5.41, 5.74) is 0.795. The Morgan fingerprint density at radius 2 is 2.28 bits per heavy atom. The van der Waals surface area contributed by atoms with Crippen molar-refractivity contribution < 1.29 is 14.7 Å². The van der Waals surface area contributed by atoms with Crippen LogP contribution in [0.15, 0.2) is 18.2 Å². The van der Waals surface area contributed by atoms with Crippen molar-refractivity contribution in [3.8, 4) is 10.6 Å². The second-order valence-electron chi connectivity index (χ2n) is 3.35. The second kappa shape index (κ2) is 5.19. The molecule has 2 aromatic rings. The number of nitrogens with one attached hydrogen (secondary N) is 2. The first kappa shape index (κ1) is 12.6. The van der Waals surface area contributed by atoms with Gasteiger partial charge in [-0.1, -0.05) is 11.6 Å². The SMILES string of the molecule is O=C(O)CNC(=O)c1cc(-c2ccc(Cl)s2)[nH]n1. The van der Waals surface area contributed by atoms with Gasteiger partial charge in [-0.2, -0.15) is 5.10 Å². The molecule has 0 saturated carbocycles. The van der Waals surface area contributed by atoms with Gasteiger partial charge >= 0.3 is 5.97 Å². The van der Waals surface area contributed by atoms with E-state index in [2.05, 4.69) is 15.5 Å². The van der Waals surface area contributed by atoms with Crippen molar-refractivity contribution >= 4 is 34.8 Å². The predicted octanol–water partition coefficient (Wildman–Crippen LogP) is 1.61. The second-order valence-corrected chi connectivity index (χ2v) is 5.06. The first-order valence-corrected chi connectivity index (χ1v) is 6.07. The summed E-state index contributed by atoms with van der Waals surface area (Å²) in [4.78, 5) is 22.7. The molecular weight excluding hydrogens is 278 g/mol. The Morgan fingerprint density at radius 1 is 1.50 bits per heavy atom. The summed E-state index contributed by atoms with van der Waals surface area (Å²) >= 11 is 7.16. The number of aliphatic carboxylic acids is 1. The van der Waals surface area contributed by atoms with Gasteiger partial charge in [0.1, 0.15) is 6.54 Å². The number of hydrogen-bond acceptors (Lipinski definition) is 4. The summed E-state index contributed by atoms with van der Waals surface area (Å²) in [6.45, 7) is -0.439. The number of amides is 1. The number of carbonyl (C=O) groups is 2. The molecule has 0 radical (unpaired) electrons. The van der Waals surface area contributed by atoms with Crippen LogP contribution >= 0.6 is 22.9 Å². The molecule has 2 heterocycles. The quantitative estimate of drug-likeness (QED) is 0.795. The van der Waals surface area contributed by atoms with Crippen LogP contribution in [0, 0.1) is 0 Å². The van der Waals surface area contributed by atoms with E-state index in [1.54, 1.807) is 18.2 Å². The number of rotatable bonds is 4. The molecule has 0 aromatic carbocycles. The molecule has 0 unspecified atom stereocenters. The molecule has 2 rings (SSSR count). The first-order chi connectivity index (χ1) is 8.56. The summed E-state index contributed by atoms with van der Waals surface area (Å²) in [6, 6.07) is 5.09. The molecule has 0 aliphatic carbocycles. The van der Waals surface area contributed by atoms with Crippen molar-refractivity contribution in [3.05, 3.63) is 28.2 Å². The van der Waals surface area contributed by atoms with Gasteiger partial charge in [-0.3, -0.25) is 14.7 Å². The normalized spacial score (nSPS) is 10.3. The Hall–Kier alpha value is -1.86. The largest absolute Gasteiger partial charge is 0.480 e. The minimum absolute atomic E-state index is 0.135. The van der Waals surface area contributed by atoms with E-state index in [-0.39, 0.29) is 5.69 Å². The number of carboxylic acids is 1. The topological polar surface area (TPSA) is 95.1 Å². The van der Waals surface area contributed by atoms with Crippen LogP contribution in [-0.4, -0.2) is 33.7 Å². The van der Waals surface area contributed by atoms with Crippen molar-refractivity contribution in [3.63, 3.8) is 0 Å². The van der Waals surface area contributed by atoms with Crippen LogP contribution in [0.25, 0.3) is 10.6 Å². The van der Waals surface area contributed by atoms with Crippen LogP contribution in [0.4, 0.5) is 0 Å². The van der Waals surface area contributed by atoms with E-state index in [1.165, 1.54) is 11.3 Å². The number of H-pyrrole nitrogens is 1. The third-order valence-electron chi connectivity index (χ3n) is 2.05. The molecule has 0 saturated heterocycles. The van der Waals surface area contributed by atoms with Gasteiger partial charge in [0.2, 0.25) is 0 Å². The zero-order valence-electron chi connectivity index (χ0n) is 8.94. The average molecular weight is 286 g/mol. The highest BCUT2D eigenvalue weighted by Gasteiger charge is 2.13. The van der Waals surface area contributed by atoms with Gasteiger partial charge in [0.15, 0.2) is 5.69 Å². The number of carboxylic acid groups (broad SMARTS) is 1. The van der Waals surface area contributed by atoms with E-state index in [4.69, 9.17) is 16.7 Å². The lowest BCUT2D eigenvalue weighted by atomic mass is 10.3. The van der Waals surface area contributed by atoms with E-state index < -0.39 is 18.4 Å². The molecule has 0 spiro atoms. The smallest absolute Gasteiger partial charge is 0.322 e. The third kappa shape index (κ3) is 2.88. The Kier molecular flexibility index (Phi) is 3.63. The lowest BCUT2D eigenvalue weighted by molar-refractivity contribution is -0.135. The number of halogens is 1. The number of aromatic amines is 1. The van der Waals surface area contributed by atoms with Crippen LogP contribution in [0.1, 0.15) is 10.5 Å². The van der Waals surface area contributed by atoms with Crippen molar-refractivity contribution in [2.24, 2.45) is 0 Å². The molecule has 0 aliphatic heterocycles. The fraction of sp³-hybridized carbons (Fsp3) is 0.100. The van der Waals surface area contributed by atoms with E-state index in [1.807, 2.05) is 0 Å². The van der Waals surface area contributed by atoms with Gasteiger partial charge in [-0.05, 0) is 18.2 Å². The fourth-order valence-electron chi connectivity index (χ4n) is 1.27. The van der Waals surface area contributed by atoms with Crippen molar-refractivity contribution in [1.82, 2.24) is 15.5 Å². The molecular formula is C10H8ClN3O3S. The number of thiophene rings is 1. The number of aromatic nitrogens is 2. The molecule has 0 aliphatic rings. The predicted molar refractivity (Wildman–Crippen MR) is 66.9 cm³/mol. The Bertz CT molecular complexity index is 593. The highest BCUT2D eigenvalue weighted by Crippen LogP contribution is 2.29. The number of carbonyl (C=O) groups excluding carboxylic acids is 1. The lowest BCUT2D eigenvalue weighted by Crippen LogP contribution is -2.29. The molecule has 94 valence electrons. The molecule has 18 heavy (non-hydrogen) atoms. The summed E-state index contributed by atoms with van der Waals surface area (Å²) in [5, 5.41) is 17.2. The van der Waals surface area contributed by atoms with Gasteiger partial charge in [-0.25, -0.2) is 0 Å². The third-order valence-corrected chi connectivity index (χ3v) is 3.31. The van der Waals surface area contributed by atoms with Crippen LogP contribution < -0.4 is 5.32 Å². The zero-order chi connectivity index (χ0) is 13.1. The van der Waals surface area contributed by atoms with Gasteiger partial charge in [0, 0.05) is 0 Å². The Balaban J connectivity index is 2.10. The molecule has 6 nitrogen and oxygen atoms in total. The maximum Gasteiger partial charge on any atom is 0.322 e. The molecule has 0 atom stereocenters. The lowest BCUT2D eigenvalue weighted by Gasteiger charge is -1.96. The monoisotopic (exact) mass is 285 g/mol. The summed E-state index contributed by atoms with van der Waals surface area (Å²) in [5.74, 6) is -1.65. The maximum atomic E-state index is 11.5. The van der Waals surface area contributed by atoms with Crippen LogP contribution in [-0.2, 0) is 4.79 Å². The van der Waals surface area contributed by atoms with Crippen LogP contribution in [0.5, 0.6) is 0 Å². The van der Waals surface area contributed by atoms with Crippen LogP contribution in [0.2, 0.25) is 4.34 Å². The van der Waals surface area contributed by atoms with Gasteiger partial charge in [0.05, 0.1) is 14.9 Å². The molecule has 2 aromatic heterocycles. The summed E-state index contributed by atoms with van der Waals surface area (Å²) in [7, 11) is 0. The highest BCUT2D eigenvalue weighted by atomic mass is 35.5. The maximum absolute atomic E-state index is 11.5. The van der Waals surface area contributed by atoms with Gasteiger partial charge < -0.3 is 10.4 Å². The van der Waals surface area contributed by atoms with Gasteiger partial charge in [0.25, 0.3) is 5.91 Å². The minimum Gasteiger partial charge on any atom is -0.480 e. The van der Waals surface area contributed by atoms with Crippen molar-refractivity contribution in [1.29, 1.82) is 0 Å². The molecule has 8 heteroatoms. The average Bonchev–Trinajstić information content (AvgIpc) is 2.93. The molecule has 1 amide bonds. The molecule has 3 N–H and O–H groups in total. The fourth-order valence-corrected chi connectivity index (χ4v) is 2.28. The number of hydrogen-bond donors (Lipinski definition) is 3. The van der Waals surface area contributed by atoms with Crippen molar-refractivity contribution in [2.45, 2.75) is 0 Å².